The van der Waals surface area contributed by atoms with Gasteiger partial charge in [0.15, 0.2) is 13.7 Å². The molecule has 2 N–H and O–H groups in total. The van der Waals surface area contributed by atoms with Gasteiger partial charge in [0.1, 0.15) is 5.52 Å². The summed E-state index contributed by atoms with van der Waals surface area (Å²) in [7, 11) is -2.48. The summed E-state index contributed by atoms with van der Waals surface area (Å²) in [6, 6.07) is 49.8. The first-order valence-corrected chi connectivity index (χ1v) is 17.0. The first-order chi connectivity index (χ1) is 20.8. The van der Waals surface area contributed by atoms with E-state index in [0.717, 1.165) is 18.5 Å². The molecule has 0 saturated heterocycles. The van der Waals surface area contributed by atoms with Crippen LogP contribution in [0.2, 0.25) is 5.54 Å². The van der Waals surface area contributed by atoms with Gasteiger partial charge in [0.2, 0.25) is 0 Å². The molecular formula is C38H33N3Si. The van der Waals surface area contributed by atoms with Gasteiger partial charge in [-0.1, -0.05) is 127 Å². The number of hydrogen-bond acceptors (Lipinski definition) is 0. The lowest BCUT2D eigenvalue weighted by molar-refractivity contribution is 0.712. The van der Waals surface area contributed by atoms with E-state index in [1.165, 1.54) is 55.2 Å². The number of aromatic amines is 2. The number of aromatic nitrogens is 3. The van der Waals surface area contributed by atoms with Crippen LogP contribution in [0.4, 0.5) is 0 Å². The lowest BCUT2D eigenvalue weighted by Crippen LogP contribution is -2.70. The normalized spacial score (nSPS) is 16.6. The topological polar surface area (TPSA) is 36.5 Å². The van der Waals surface area contributed by atoms with Gasteiger partial charge in [-0.25, -0.2) is 0 Å². The Kier molecular flexibility index (Phi) is 6.08. The fourth-order valence-corrected chi connectivity index (χ4v) is 13.0. The van der Waals surface area contributed by atoms with E-state index < -0.39 is 8.07 Å². The third-order valence-corrected chi connectivity index (χ3v) is 14.8. The van der Waals surface area contributed by atoms with Gasteiger partial charge in [0, 0.05) is 11.1 Å². The number of nitrogens with zero attached hydrogens (tertiary/aromatic N) is 1. The molecule has 7 aromatic rings. The van der Waals surface area contributed by atoms with Crippen molar-refractivity contribution in [3.63, 3.8) is 0 Å². The van der Waals surface area contributed by atoms with Crippen LogP contribution >= 0.6 is 0 Å². The van der Waals surface area contributed by atoms with E-state index in [1.807, 2.05) is 0 Å². The molecule has 42 heavy (non-hydrogen) atoms. The summed E-state index contributed by atoms with van der Waals surface area (Å²) in [4.78, 5) is 0. The third kappa shape index (κ3) is 3.86. The fraction of sp³-hybridized carbons (Fsp3) is 0.105. The highest BCUT2D eigenvalue weighted by Crippen LogP contribution is 2.36. The maximum atomic E-state index is 3.37. The maximum Gasteiger partial charge on any atom is 0.156 e. The lowest BCUT2D eigenvalue weighted by Gasteiger charge is -2.41. The highest BCUT2D eigenvalue weighted by molar-refractivity contribution is 7.12. The number of benzene rings is 5. The zero-order chi connectivity index (χ0) is 27.9. The van der Waals surface area contributed by atoms with Crippen molar-refractivity contribution in [2.45, 2.75) is 24.8 Å². The summed E-state index contributed by atoms with van der Waals surface area (Å²) in [5, 5.41) is 12.4. The summed E-state index contributed by atoms with van der Waals surface area (Å²) >= 11 is 0. The van der Waals surface area contributed by atoms with Crippen LogP contribution in [-0.2, 0) is 0 Å². The molecule has 2 aromatic heterocycles. The molecule has 0 aliphatic heterocycles. The molecule has 0 spiro atoms. The van der Waals surface area contributed by atoms with Crippen molar-refractivity contribution >= 4 is 45.7 Å². The highest BCUT2D eigenvalue weighted by atomic mass is 28.3. The number of para-hydroxylation sites is 1. The zero-order valence-corrected chi connectivity index (χ0v) is 24.5. The second kappa shape index (κ2) is 10.2. The van der Waals surface area contributed by atoms with Crippen LogP contribution < -0.4 is 15.6 Å². The number of allylic oxidation sites excluding steroid dienone is 2. The third-order valence-electron chi connectivity index (χ3n) is 9.30. The number of fused-ring (bicyclic) bond motifs is 3. The van der Waals surface area contributed by atoms with Crippen molar-refractivity contribution < 1.29 is 0 Å². The van der Waals surface area contributed by atoms with E-state index in [-0.39, 0.29) is 0 Å². The molecule has 0 saturated carbocycles. The Morgan fingerprint density at radius 1 is 0.595 bits per heavy atom. The zero-order valence-electron chi connectivity index (χ0n) is 23.5. The fourth-order valence-electron chi connectivity index (χ4n) is 7.33. The van der Waals surface area contributed by atoms with E-state index >= 15 is 0 Å². The standard InChI is InChI=1S/C38H33N3Si/c1-5-13-28(14-6-1)29-21-23-33(24-22-29)42(31-17-9-3-10-18-31,32-19-11-4-12-20-32)34-25-26-35-36(27-34)41(38-37(35)39-40-38)30-15-7-2-8-16-30/h1-11,13-18,21-27,32,39-40H,12,19-20H2. The second-order valence-corrected chi connectivity index (χ2v) is 15.6. The molecule has 4 heteroatoms. The quantitative estimate of drug-likeness (QED) is 0.119. The predicted molar refractivity (Wildman–Crippen MR) is 179 cm³/mol. The molecule has 5 aromatic carbocycles. The van der Waals surface area contributed by atoms with Crippen molar-refractivity contribution in [2.75, 3.05) is 0 Å². The summed E-state index contributed by atoms with van der Waals surface area (Å²) in [6.45, 7) is 0. The molecular weight excluding hydrogens is 527 g/mol. The van der Waals surface area contributed by atoms with Gasteiger partial charge in [-0.3, -0.25) is 14.8 Å². The summed E-state index contributed by atoms with van der Waals surface area (Å²) in [6.07, 6.45) is 8.26. The van der Waals surface area contributed by atoms with Crippen molar-refractivity contribution in [3.05, 3.63) is 146 Å². The predicted octanol–water partition coefficient (Wildman–Crippen LogP) is 7.69. The van der Waals surface area contributed by atoms with Crippen LogP contribution in [0.5, 0.6) is 0 Å². The van der Waals surface area contributed by atoms with E-state index in [4.69, 9.17) is 0 Å². The van der Waals surface area contributed by atoms with Crippen molar-refractivity contribution in [2.24, 2.45) is 0 Å². The molecule has 2 atom stereocenters. The average molecular weight is 560 g/mol. The number of H-pyrrole nitrogens is 2. The van der Waals surface area contributed by atoms with Gasteiger partial charge < -0.3 is 0 Å². The van der Waals surface area contributed by atoms with Gasteiger partial charge in [0.25, 0.3) is 0 Å². The van der Waals surface area contributed by atoms with E-state index in [2.05, 4.69) is 160 Å². The summed E-state index contributed by atoms with van der Waals surface area (Å²) in [5.41, 5.74) is 7.83. The average Bonchev–Trinajstić information content (AvgIpc) is 3.28. The smallest absolute Gasteiger partial charge is 0.156 e. The molecule has 0 amide bonds. The van der Waals surface area contributed by atoms with Gasteiger partial charge in [-0.05, 0) is 69.7 Å². The molecule has 1 aliphatic rings. The Morgan fingerprint density at radius 2 is 1.24 bits per heavy atom. The van der Waals surface area contributed by atoms with Gasteiger partial charge in [-0.2, -0.15) is 0 Å². The minimum atomic E-state index is -2.48. The molecule has 1 aliphatic carbocycles. The Bertz CT molecular complexity index is 2000. The van der Waals surface area contributed by atoms with Crippen LogP contribution in [0.1, 0.15) is 19.3 Å². The molecule has 0 fully saturated rings. The Hall–Kier alpha value is -4.80. The van der Waals surface area contributed by atoms with Crippen molar-refractivity contribution in [1.29, 1.82) is 0 Å². The van der Waals surface area contributed by atoms with E-state index in [1.54, 1.807) is 0 Å². The number of rotatable bonds is 6. The molecule has 204 valence electrons. The minimum absolute atomic E-state index is 0.561. The lowest BCUT2D eigenvalue weighted by atomic mass is 10.1. The summed E-state index contributed by atoms with van der Waals surface area (Å²) < 4.78 is 2.38. The molecule has 0 radical (unpaired) electrons. The Labute approximate surface area is 247 Å². The van der Waals surface area contributed by atoms with Crippen molar-refractivity contribution in [1.82, 2.24) is 14.8 Å². The second-order valence-electron chi connectivity index (χ2n) is 11.5. The van der Waals surface area contributed by atoms with Crippen molar-refractivity contribution in [3.8, 4) is 16.8 Å². The van der Waals surface area contributed by atoms with E-state index in [9.17, 15) is 0 Å². The molecule has 0 bridgehead atoms. The molecule has 8 rings (SSSR count). The first kappa shape index (κ1) is 24.9. The van der Waals surface area contributed by atoms with E-state index in [0.29, 0.717) is 5.54 Å². The van der Waals surface area contributed by atoms with Crippen LogP contribution in [0.25, 0.3) is 38.9 Å². The number of hydrogen-bond donors (Lipinski definition) is 2. The Morgan fingerprint density at radius 3 is 1.90 bits per heavy atom. The van der Waals surface area contributed by atoms with Gasteiger partial charge in [-0.15, -0.1) is 0 Å². The van der Waals surface area contributed by atoms with Gasteiger partial charge in [0.05, 0.1) is 5.52 Å². The van der Waals surface area contributed by atoms with Crippen LogP contribution in [0.15, 0.2) is 146 Å². The summed E-state index contributed by atoms with van der Waals surface area (Å²) in [5.74, 6) is 0. The SMILES string of the molecule is C1=CCC([Si](c2ccccc2)(c2ccc(-c3ccccc3)cc2)c2ccc3c4[nH][nH]c4n(-c4ccccc4)c3c2)CC1. The number of nitrogens with one attached hydrogen (secondary N) is 2. The largest absolute Gasteiger partial charge is 0.295 e. The van der Waals surface area contributed by atoms with Crippen LogP contribution in [0.3, 0.4) is 0 Å². The first-order valence-electron chi connectivity index (χ1n) is 15.0. The highest BCUT2D eigenvalue weighted by Gasteiger charge is 2.46. The minimum Gasteiger partial charge on any atom is -0.295 e. The maximum absolute atomic E-state index is 3.37. The van der Waals surface area contributed by atoms with Crippen LogP contribution in [0, 0.1) is 0 Å². The molecule has 2 unspecified atom stereocenters. The molecule has 2 heterocycles. The van der Waals surface area contributed by atoms with Gasteiger partial charge >= 0.3 is 0 Å². The van der Waals surface area contributed by atoms with Crippen LogP contribution in [-0.4, -0.2) is 22.8 Å². The monoisotopic (exact) mass is 559 g/mol. The molecule has 3 nitrogen and oxygen atoms in total. The Balaban J connectivity index is 1.40.